The Hall–Kier alpha value is -3.00. The summed E-state index contributed by atoms with van der Waals surface area (Å²) in [5.41, 5.74) is 3.66. The zero-order chi connectivity index (χ0) is 19.9. The van der Waals surface area contributed by atoms with Gasteiger partial charge in [-0.1, -0.05) is 30.3 Å². The molecule has 1 N–H and O–H groups in total. The Kier molecular flexibility index (Phi) is 6.54. The number of hydrogen-bond acceptors (Lipinski definition) is 7. The number of anilines is 1. The molecule has 0 aliphatic carbocycles. The molecular formula is C20H21N3O4S. The lowest BCUT2D eigenvalue weighted by molar-refractivity contribution is -0.147. The molecule has 3 aromatic rings. The summed E-state index contributed by atoms with van der Waals surface area (Å²) in [6, 6.07) is 7.73. The number of nitrogens with zero attached hydrogens (tertiary/aromatic N) is 2. The van der Waals surface area contributed by atoms with E-state index in [1.54, 1.807) is 11.3 Å². The molecule has 0 aliphatic heterocycles. The highest BCUT2D eigenvalue weighted by atomic mass is 32.1. The van der Waals surface area contributed by atoms with E-state index in [0.29, 0.717) is 11.7 Å². The maximum atomic E-state index is 12.1. The van der Waals surface area contributed by atoms with Gasteiger partial charge in [-0.25, -0.2) is 0 Å². The first-order valence-electron chi connectivity index (χ1n) is 8.96. The van der Waals surface area contributed by atoms with Gasteiger partial charge in [0, 0.05) is 23.1 Å². The minimum Gasteiger partial charge on any atom is -0.456 e. The summed E-state index contributed by atoms with van der Waals surface area (Å²) in [5.74, 6) is -0.00938. The monoisotopic (exact) mass is 399 g/mol. The fourth-order valence-electron chi connectivity index (χ4n) is 2.67. The number of carbonyl (C=O) groups excluding carboxylic acids is 2. The van der Waals surface area contributed by atoms with E-state index in [1.165, 1.54) is 0 Å². The van der Waals surface area contributed by atoms with E-state index in [9.17, 15) is 9.59 Å². The predicted molar refractivity (Wildman–Crippen MR) is 106 cm³/mol. The van der Waals surface area contributed by atoms with Crippen LogP contribution in [0.3, 0.4) is 0 Å². The lowest BCUT2D eigenvalue weighted by Gasteiger charge is -2.13. The number of carbonyl (C=O) groups is 2. The van der Waals surface area contributed by atoms with Gasteiger partial charge >= 0.3 is 5.97 Å². The highest BCUT2D eigenvalue weighted by Crippen LogP contribution is 2.21. The van der Waals surface area contributed by atoms with E-state index >= 15 is 0 Å². The van der Waals surface area contributed by atoms with E-state index in [1.807, 2.05) is 48.9 Å². The topological polar surface area (TPSA) is 94.3 Å². The van der Waals surface area contributed by atoms with Crippen LogP contribution in [0.5, 0.6) is 0 Å². The van der Waals surface area contributed by atoms with E-state index in [-0.39, 0.29) is 25.4 Å². The number of aromatic nitrogens is 2. The molecule has 0 aliphatic rings. The van der Waals surface area contributed by atoms with Crippen LogP contribution in [0.15, 0.2) is 39.5 Å². The van der Waals surface area contributed by atoms with Crippen LogP contribution in [0.1, 0.15) is 30.4 Å². The minimum atomic E-state index is -0.495. The van der Waals surface area contributed by atoms with Crippen molar-refractivity contribution in [2.75, 3.05) is 11.9 Å². The van der Waals surface area contributed by atoms with E-state index in [4.69, 9.17) is 9.26 Å². The first-order chi connectivity index (χ1) is 13.6. The lowest BCUT2D eigenvalue weighted by atomic mass is 10.1. The van der Waals surface area contributed by atoms with Crippen molar-refractivity contribution >= 4 is 28.9 Å². The Morgan fingerprint density at radius 1 is 1.29 bits per heavy atom. The van der Waals surface area contributed by atoms with Crippen LogP contribution in [-0.2, 0) is 27.2 Å². The smallest absolute Gasteiger partial charge is 0.306 e. The molecule has 0 spiro atoms. The quantitative estimate of drug-likeness (QED) is 0.579. The summed E-state index contributed by atoms with van der Waals surface area (Å²) >= 11 is 1.54. The van der Waals surface area contributed by atoms with Gasteiger partial charge in [-0.05, 0) is 35.9 Å². The van der Waals surface area contributed by atoms with Gasteiger partial charge in [0.05, 0.1) is 6.42 Å². The second kappa shape index (κ2) is 9.27. The van der Waals surface area contributed by atoms with Gasteiger partial charge in [0.2, 0.25) is 11.7 Å². The van der Waals surface area contributed by atoms with Crippen molar-refractivity contribution in [2.24, 2.45) is 0 Å². The van der Waals surface area contributed by atoms with Gasteiger partial charge in [-0.3, -0.25) is 9.59 Å². The summed E-state index contributed by atoms with van der Waals surface area (Å²) < 4.78 is 10.2. The average molecular weight is 399 g/mol. The average Bonchev–Trinajstić information content (AvgIpc) is 3.38. The molecule has 0 saturated heterocycles. The van der Waals surface area contributed by atoms with Crippen molar-refractivity contribution in [1.82, 2.24) is 10.1 Å². The standard InChI is InChI=1S/C20H21N3O4S/c1-3-14-6-4-5-13(2)19(14)21-16(24)11-26-18(25)8-7-17-22-20(23-27-17)15-9-10-28-12-15/h4-6,9-10,12H,3,7-8,11H2,1-2H3,(H,21,24). The number of aryl methyl sites for hydroxylation is 3. The van der Waals surface area contributed by atoms with Crippen LogP contribution in [0.4, 0.5) is 5.69 Å². The predicted octanol–water partition coefficient (Wildman–Crippen LogP) is 3.78. The van der Waals surface area contributed by atoms with Gasteiger partial charge in [0.15, 0.2) is 6.61 Å². The molecule has 0 saturated carbocycles. The van der Waals surface area contributed by atoms with Crippen molar-refractivity contribution < 1.29 is 18.8 Å². The van der Waals surface area contributed by atoms with Gasteiger partial charge in [-0.15, -0.1) is 0 Å². The number of thiophene rings is 1. The third-order valence-corrected chi connectivity index (χ3v) is 4.84. The molecule has 2 heterocycles. The van der Waals surface area contributed by atoms with Gasteiger partial charge in [0.25, 0.3) is 5.91 Å². The summed E-state index contributed by atoms with van der Waals surface area (Å²) in [5, 5.41) is 10.5. The van der Waals surface area contributed by atoms with Gasteiger partial charge in [-0.2, -0.15) is 16.3 Å². The highest BCUT2D eigenvalue weighted by Gasteiger charge is 2.14. The molecule has 28 heavy (non-hydrogen) atoms. The molecule has 0 fully saturated rings. The van der Waals surface area contributed by atoms with Crippen LogP contribution in [0, 0.1) is 6.92 Å². The largest absolute Gasteiger partial charge is 0.456 e. The van der Waals surface area contributed by atoms with Crippen molar-refractivity contribution in [3.8, 4) is 11.4 Å². The number of hydrogen-bond donors (Lipinski definition) is 1. The normalized spacial score (nSPS) is 10.6. The Labute approximate surface area is 166 Å². The second-order valence-corrected chi connectivity index (χ2v) is 6.98. The summed E-state index contributed by atoms with van der Waals surface area (Å²) in [4.78, 5) is 28.3. The number of rotatable bonds is 8. The fourth-order valence-corrected chi connectivity index (χ4v) is 3.30. The van der Waals surface area contributed by atoms with Crippen molar-refractivity contribution in [3.63, 3.8) is 0 Å². The van der Waals surface area contributed by atoms with Crippen molar-refractivity contribution in [2.45, 2.75) is 33.1 Å². The SMILES string of the molecule is CCc1cccc(C)c1NC(=O)COC(=O)CCc1nc(-c2ccsc2)no1. The molecule has 7 nitrogen and oxygen atoms in total. The number of amides is 1. The van der Waals surface area contributed by atoms with Crippen LogP contribution < -0.4 is 5.32 Å². The molecule has 3 rings (SSSR count). The maximum Gasteiger partial charge on any atom is 0.306 e. The number of benzene rings is 1. The van der Waals surface area contributed by atoms with E-state index in [2.05, 4.69) is 15.5 Å². The minimum absolute atomic E-state index is 0.0587. The molecule has 146 valence electrons. The highest BCUT2D eigenvalue weighted by molar-refractivity contribution is 7.08. The molecule has 0 unspecified atom stereocenters. The zero-order valence-electron chi connectivity index (χ0n) is 15.7. The first kappa shape index (κ1) is 19.8. The summed E-state index contributed by atoms with van der Waals surface area (Å²) in [6.07, 6.45) is 1.12. The third kappa shape index (κ3) is 5.04. The molecular weight excluding hydrogens is 378 g/mol. The Bertz CT molecular complexity index is 950. The third-order valence-electron chi connectivity index (χ3n) is 4.16. The molecule has 0 bridgehead atoms. The van der Waals surface area contributed by atoms with Gasteiger partial charge in [0.1, 0.15) is 0 Å². The number of para-hydroxylation sites is 1. The van der Waals surface area contributed by atoms with Crippen LogP contribution in [0.25, 0.3) is 11.4 Å². The van der Waals surface area contributed by atoms with E-state index in [0.717, 1.165) is 28.8 Å². The summed E-state index contributed by atoms with van der Waals surface area (Å²) in [7, 11) is 0. The molecule has 2 aromatic heterocycles. The lowest BCUT2D eigenvalue weighted by Crippen LogP contribution is -2.22. The molecule has 0 atom stereocenters. The Balaban J connectivity index is 1.45. The Morgan fingerprint density at radius 3 is 2.89 bits per heavy atom. The molecule has 1 amide bonds. The fraction of sp³-hybridized carbons (Fsp3) is 0.300. The van der Waals surface area contributed by atoms with Crippen LogP contribution in [0.2, 0.25) is 0 Å². The van der Waals surface area contributed by atoms with Crippen molar-refractivity contribution in [1.29, 1.82) is 0 Å². The number of esters is 1. The first-order valence-corrected chi connectivity index (χ1v) is 9.90. The van der Waals surface area contributed by atoms with Crippen molar-refractivity contribution in [3.05, 3.63) is 52.0 Å². The summed E-state index contributed by atoms with van der Waals surface area (Å²) in [6.45, 7) is 3.61. The Morgan fingerprint density at radius 2 is 2.14 bits per heavy atom. The maximum absolute atomic E-state index is 12.1. The van der Waals surface area contributed by atoms with Gasteiger partial charge < -0.3 is 14.6 Å². The zero-order valence-corrected chi connectivity index (χ0v) is 16.5. The molecule has 8 heteroatoms. The second-order valence-electron chi connectivity index (χ2n) is 6.20. The number of ether oxygens (including phenoxy) is 1. The van der Waals surface area contributed by atoms with Crippen LogP contribution in [-0.4, -0.2) is 28.6 Å². The molecule has 1 aromatic carbocycles. The molecule has 0 radical (unpaired) electrons. The van der Waals surface area contributed by atoms with Crippen LogP contribution >= 0.6 is 11.3 Å². The number of nitrogens with one attached hydrogen (secondary N) is 1. The van der Waals surface area contributed by atoms with E-state index < -0.39 is 5.97 Å².